The van der Waals surface area contributed by atoms with Crippen LogP contribution < -0.4 is 11.1 Å². The summed E-state index contributed by atoms with van der Waals surface area (Å²) >= 11 is 1.50. The SMILES string of the molecule is NCCCNC(=O)Cc1cscn1. The molecule has 1 heterocycles. The fourth-order valence-corrected chi connectivity index (χ4v) is 1.44. The van der Waals surface area contributed by atoms with E-state index >= 15 is 0 Å². The second kappa shape index (κ2) is 5.66. The zero-order chi connectivity index (χ0) is 9.52. The molecule has 13 heavy (non-hydrogen) atoms. The lowest BCUT2D eigenvalue weighted by atomic mass is 10.3. The van der Waals surface area contributed by atoms with Crippen molar-refractivity contribution in [2.45, 2.75) is 12.8 Å². The van der Waals surface area contributed by atoms with Crippen LogP contribution in [0.5, 0.6) is 0 Å². The molecule has 0 aliphatic rings. The number of carbonyl (C=O) groups is 1. The maximum absolute atomic E-state index is 11.2. The molecule has 5 heteroatoms. The van der Waals surface area contributed by atoms with Crippen LogP contribution in [-0.4, -0.2) is 24.0 Å². The second-order valence-electron chi connectivity index (χ2n) is 2.65. The Bertz CT molecular complexity index is 248. The van der Waals surface area contributed by atoms with E-state index in [9.17, 15) is 4.79 Å². The zero-order valence-electron chi connectivity index (χ0n) is 7.32. The third kappa shape index (κ3) is 4.00. The fraction of sp³-hybridized carbons (Fsp3) is 0.500. The first-order valence-corrected chi connectivity index (χ1v) is 5.11. The van der Waals surface area contributed by atoms with Crippen LogP contribution in [0.25, 0.3) is 0 Å². The minimum Gasteiger partial charge on any atom is -0.356 e. The Morgan fingerprint density at radius 1 is 1.69 bits per heavy atom. The molecule has 1 amide bonds. The highest BCUT2D eigenvalue weighted by Gasteiger charge is 2.03. The molecule has 0 saturated heterocycles. The van der Waals surface area contributed by atoms with E-state index in [1.54, 1.807) is 5.51 Å². The Kier molecular flexibility index (Phi) is 4.42. The maximum atomic E-state index is 11.2. The van der Waals surface area contributed by atoms with Crippen LogP contribution in [0.2, 0.25) is 0 Å². The standard InChI is InChI=1S/C8H13N3OS/c9-2-1-3-10-8(12)4-7-5-13-6-11-7/h5-6H,1-4,9H2,(H,10,12). The first-order valence-electron chi connectivity index (χ1n) is 4.16. The van der Waals surface area contributed by atoms with Gasteiger partial charge < -0.3 is 11.1 Å². The molecule has 0 fully saturated rings. The van der Waals surface area contributed by atoms with Crippen molar-refractivity contribution in [2.24, 2.45) is 5.73 Å². The molecule has 0 aromatic carbocycles. The zero-order valence-corrected chi connectivity index (χ0v) is 8.14. The lowest BCUT2D eigenvalue weighted by Crippen LogP contribution is -2.27. The van der Waals surface area contributed by atoms with E-state index in [2.05, 4.69) is 10.3 Å². The summed E-state index contributed by atoms with van der Waals surface area (Å²) in [5, 5.41) is 4.65. The number of nitrogens with two attached hydrogens (primary N) is 1. The summed E-state index contributed by atoms with van der Waals surface area (Å²) in [4.78, 5) is 15.2. The van der Waals surface area contributed by atoms with Crippen molar-refractivity contribution in [1.82, 2.24) is 10.3 Å². The van der Waals surface area contributed by atoms with Gasteiger partial charge in [0.25, 0.3) is 0 Å². The summed E-state index contributed by atoms with van der Waals surface area (Å²) in [5.74, 6) is 0.0133. The normalized spacial score (nSPS) is 9.92. The average Bonchev–Trinajstić information content (AvgIpc) is 2.57. The first kappa shape index (κ1) is 10.1. The van der Waals surface area contributed by atoms with Crippen LogP contribution in [0.15, 0.2) is 10.9 Å². The highest BCUT2D eigenvalue weighted by molar-refractivity contribution is 7.07. The van der Waals surface area contributed by atoms with Crippen LogP contribution in [0.4, 0.5) is 0 Å². The Labute approximate surface area is 81.2 Å². The number of nitrogens with zero attached hydrogens (tertiary/aromatic N) is 1. The summed E-state index contributed by atoms with van der Waals surface area (Å²) in [6.07, 6.45) is 1.19. The predicted octanol–water partition coefficient (Wildman–Crippen LogP) is 0.151. The van der Waals surface area contributed by atoms with Crippen LogP contribution in [-0.2, 0) is 11.2 Å². The summed E-state index contributed by atoms with van der Waals surface area (Å²) in [5.41, 5.74) is 7.84. The van der Waals surface area contributed by atoms with Gasteiger partial charge in [-0.2, -0.15) is 0 Å². The van der Waals surface area contributed by atoms with E-state index in [0.29, 0.717) is 19.5 Å². The summed E-state index contributed by atoms with van der Waals surface area (Å²) in [6, 6.07) is 0. The van der Waals surface area contributed by atoms with Crippen molar-refractivity contribution in [1.29, 1.82) is 0 Å². The fourth-order valence-electron chi connectivity index (χ4n) is 0.882. The average molecular weight is 199 g/mol. The van der Waals surface area contributed by atoms with Gasteiger partial charge in [-0.25, -0.2) is 4.98 Å². The molecule has 0 saturated carbocycles. The molecule has 0 atom stereocenters. The van der Waals surface area contributed by atoms with Crippen molar-refractivity contribution in [2.75, 3.05) is 13.1 Å². The monoisotopic (exact) mass is 199 g/mol. The summed E-state index contributed by atoms with van der Waals surface area (Å²) in [7, 11) is 0. The minimum absolute atomic E-state index is 0.0133. The van der Waals surface area contributed by atoms with Gasteiger partial charge in [0, 0.05) is 11.9 Å². The largest absolute Gasteiger partial charge is 0.356 e. The molecule has 0 spiro atoms. The number of rotatable bonds is 5. The molecule has 0 bridgehead atoms. The van der Waals surface area contributed by atoms with E-state index in [4.69, 9.17) is 5.73 Å². The first-order chi connectivity index (χ1) is 6.33. The Balaban J connectivity index is 2.18. The van der Waals surface area contributed by atoms with E-state index in [0.717, 1.165) is 12.1 Å². The molecule has 0 radical (unpaired) electrons. The van der Waals surface area contributed by atoms with Gasteiger partial charge in [-0.1, -0.05) is 0 Å². The van der Waals surface area contributed by atoms with Crippen LogP contribution in [0, 0.1) is 0 Å². The molecular formula is C8H13N3OS. The second-order valence-corrected chi connectivity index (χ2v) is 3.37. The van der Waals surface area contributed by atoms with Gasteiger partial charge in [-0.15, -0.1) is 11.3 Å². The number of carbonyl (C=O) groups excluding carboxylic acids is 1. The number of hydrogen-bond acceptors (Lipinski definition) is 4. The van der Waals surface area contributed by atoms with Crippen molar-refractivity contribution in [3.63, 3.8) is 0 Å². The molecule has 0 unspecified atom stereocenters. The quantitative estimate of drug-likeness (QED) is 0.663. The number of hydrogen-bond donors (Lipinski definition) is 2. The Morgan fingerprint density at radius 3 is 3.15 bits per heavy atom. The predicted molar refractivity (Wildman–Crippen MR) is 52.5 cm³/mol. The number of thiazole rings is 1. The number of nitrogens with one attached hydrogen (secondary N) is 1. The molecular weight excluding hydrogens is 186 g/mol. The van der Waals surface area contributed by atoms with Gasteiger partial charge in [-0.3, -0.25) is 4.79 Å². The highest BCUT2D eigenvalue weighted by Crippen LogP contribution is 2.00. The molecule has 0 aliphatic heterocycles. The lowest BCUT2D eigenvalue weighted by molar-refractivity contribution is -0.120. The molecule has 72 valence electrons. The molecule has 1 rings (SSSR count). The molecule has 0 aliphatic carbocycles. The van der Waals surface area contributed by atoms with E-state index in [-0.39, 0.29) is 5.91 Å². The van der Waals surface area contributed by atoms with Crippen molar-refractivity contribution in [3.8, 4) is 0 Å². The number of amides is 1. The summed E-state index contributed by atoms with van der Waals surface area (Å²) < 4.78 is 0. The van der Waals surface area contributed by atoms with E-state index in [1.165, 1.54) is 11.3 Å². The van der Waals surface area contributed by atoms with E-state index < -0.39 is 0 Å². The maximum Gasteiger partial charge on any atom is 0.226 e. The van der Waals surface area contributed by atoms with Gasteiger partial charge in [0.05, 0.1) is 17.6 Å². The van der Waals surface area contributed by atoms with Crippen molar-refractivity contribution >= 4 is 17.2 Å². The third-order valence-electron chi connectivity index (χ3n) is 1.53. The van der Waals surface area contributed by atoms with Crippen LogP contribution >= 0.6 is 11.3 Å². The number of aromatic nitrogens is 1. The molecule has 4 nitrogen and oxygen atoms in total. The van der Waals surface area contributed by atoms with Gasteiger partial charge in [0.15, 0.2) is 0 Å². The summed E-state index contributed by atoms with van der Waals surface area (Å²) in [6.45, 7) is 1.26. The van der Waals surface area contributed by atoms with Crippen molar-refractivity contribution < 1.29 is 4.79 Å². The van der Waals surface area contributed by atoms with Gasteiger partial charge in [0.1, 0.15) is 0 Å². The van der Waals surface area contributed by atoms with Gasteiger partial charge >= 0.3 is 0 Å². The Hall–Kier alpha value is -0.940. The van der Waals surface area contributed by atoms with Crippen LogP contribution in [0.3, 0.4) is 0 Å². The molecule has 1 aromatic heterocycles. The highest BCUT2D eigenvalue weighted by atomic mass is 32.1. The van der Waals surface area contributed by atoms with Gasteiger partial charge in [0.2, 0.25) is 5.91 Å². The molecule has 3 N–H and O–H groups in total. The molecule has 1 aromatic rings. The van der Waals surface area contributed by atoms with Crippen LogP contribution in [0.1, 0.15) is 12.1 Å². The third-order valence-corrected chi connectivity index (χ3v) is 2.16. The minimum atomic E-state index is 0.0133. The topological polar surface area (TPSA) is 68.0 Å². The Morgan fingerprint density at radius 2 is 2.54 bits per heavy atom. The van der Waals surface area contributed by atoms with Crippen molar-refractivity contribution in [3.05, 3.63) is 16.6 Å². The smallest absolute Gasteiger partial charge is 0.226 e. The van der Waals surface area contributed by atoms with E-state index in [1.807, 2.05) is 5.38 Å². The lowest BCUT2D eigenvalue weighted by Gasteiger charge is -2.01. The van der Waals surface area contributed by atoms with Gasteiger partial charge in [-0.05, 0) is 13.0 Å².